The number of hydrogen-bond acceptors (Lipinski definition) is 7. The Morgan fingerprint density at radius 1 is 0.815 bits per heavy atom. The minimum atomic E-state index is -1.52. The fourth-order valence-electron chi connectivity index (χ4n) is 3.45. The zero-order chi connectivity index (χ0) is 19.3. The summed E-state index contributed by atoms with van der Waals surface area (Å²) in [7, 11) is 0. The summed E-state index contributed by atoms with van der Waals surface area (Å²) in [4.78, 5) is 25.7. The molecule has 1 aliphatic carbocycles. The van der Waals surface area contributed by atoms with Gasteiger partial charge in [-0.3, -0.25) is 9.59 Å². The Hall–Kier alpha value is -2.58. The highest BCUT2D eigenvalue weighted by atomic mass is 16.7. The number of hydrogen-bond donors (Lipinski definition) is 3. The van der Waals surface area contributed by atoms with Gasteiger partial charge in [0.1, 0.15) is 24.1 Å². The lowest BCUT2D eigenvalue weighted by molar-refractivity contribution is -0.268. The topological polar surface area (TPSA) is 113 Å². The molecule has 4 rings (SSSR count). The normalized spacial score (nSPS) is 29.9. The molecule has 2 aromatic rings. The lowest BCUT2D eigenvalue weighted by Crippen LogP contribution is -2.58. The third kappa shape index (κ3) is 2.76. The predicted octanol–water partition coefficient (Wildman–Crippen LogP) is 0.668. The van der Waals surface area contributed by atoms with Crippen molar-refractivity contribution in [3.8, 4) is 5.75 Å². The van der Waals surface area contributed by atoms with Crippen LogP contribution in [0.2, 0.25) is 0 Å². The van der Waals surface area contributed by atoms with Gasteiger partial charge < -0.3 is 24.8 Å². The van der Waals surface area contributed by atoms with Gasteiger partial charge in [0.05, 0.1) is 11.7 Å². The Morgan fingerprint density at radius 2 is 1.44 bits per heavy atom. The molecule has 7 nitrogen and oxygen atoms in total. The summed E-state index contributed by atoms with van der Waals surface area (Å²) in [5.41, 5.74) is 0.897. The van der Waals surface area contributed by atoms with Gasteiger partial charge in [-0.25, -0.2) is 0 Å². The molecule has 0 amide bonds. The molecule has 0 saturated carbocycles. The molecule has 140 valence electrons. The van der Waals surface area contributed by atoms with E-state index in [2.05, 4.69) is 0 Å². The molecule has 0 aromatic heterocycles. The minimum Gasteiger partial charge on any atom is -0.461 e. The molecule has 3 N–H and O–H groups in total. The van der Waals surface area contributed by atoms with Crippen molar-refractivity contribution in [2.24, 2.45) is 0 Å². The second-order valence-corrected chi connectivity index (χ2v) is 6.68. The van der Waals surface area contributed by atoms with Gasteiger partial charge in [-0.05, 0) is 13.0 Å². The number of benzene rings is 2. The fraction of sp³-hybridized carbons (Fsp3) is 0.300. The van der Waals surface area contributed by atoms with Crippen LogP contribution in [-0.2, 0) is 4.74 Å². The molecule has 5 atom stereocenters. The molecule has 2 aromatic carbocycles. The van der Waals surface area contributed by atoms with E-state index in [1.54, 1.807) is 30.3 Å². The van der Waals surface area contributed by atoms with E-state index in [1.165, 1.54) is 19.1 Å². The molecule has 0 unspecified atom stereocenters. The molecule has 1 saturated heterocycles. The van der Waals surface area contributed by atoms with E-state index in [4.69, 9.17) is 9.47 Å². The second kappa shape index (κ2) is 6.54. The van der Waals surface area contributed by atoms with E-state index >= 15 is 0 Å². The van der Waals surface area contributed by atoms with Crippen molar-refractivity contribution in [3.05, 3.63) is 64.7 Å². The maximum absolute atomic E-state index is 13.0. The molecule has 1 aliphatic heterocycles. The zero-order valence-electron chi connectivity index (χ0n) is 14.4. The second-order valence-electron chi connectivity index (χ2n) is 6.68. The van der Waals surface area contributed by atoms with Gasteiger partial charge in [0.2, 0.25) is 6.29 Å². The highest BCUT2D eigenvalue weighted by molar-refractivity contribution is 6.29. The van der Waals surface area contributed by atoms with Crippen molar-refractivity contribution >= 4 is 11.6 Å². The van der Waals surface area contributed by atoms with Crippen LogP contribution in [0.1, 0.15) is 38.8 Å². The van der Waals surface area contributed by atoms with Crippen LogP contribution in [0.25, 0.3) is 0 Å². The summed E-state index contributed by atoms with van der Waals surface area (Å²) in [5.74, 6) is -0.588. The molecule has 2 aliphatic rings. The summed E-state index contributed by atoms with van der Waals surface area (Å²) < 4.78 is 11.1. The van der Waals surface area contributed by atoms with E-state index in [0.717, 1.165) is 0 Å². The number of carbonyl (C=O) groups excluding carboxylic acids is 2. The number of ketones is 2. The lowest BCUT2D eigenvalue weighted by Gasteiger charge is -2.39. The first-order valence-corrected chi connectivity index (χ1v) is 8.58. The highest BCUT2D eigenvalue weighted by Gasteiger charge is 2.44. The third-order valence-corrected chi connectivity index (χ3v) is 4.97. The highest BCUT2D eigenvalue weighted by Crippen LogP contribution is 2.34. The van der Waals surface area contributed by atoms with Crippen molar-refractivity contribution in [2.75, 3.05) is 0 Å². The van der Waals surface area contributed by atoms with Crippen LogP contribution in [0.3, 0.4) is 0 Å². The first-order chi connectivity index (χ1) is 12.9. The predicted molar refractivity (Wildman–Crippen MR) is 92.7 cm³/mol. The van der Waals surface area contributed by atoms with Crippen molar-refractivity contribution < 1.29 is 34.4 Å². The van der Waals surface area contributed by atoms with Gasteiger partial charge in [-0.1, -0.05) is 36.4 Å². The van der Waals surface area contributed by atoms with Crippen molar-refractivity contribution in [2.45, 2.75) is 37.6 Å². The molecule has 1 fully saturated rings. The summed E-state index contributed by atoms with van der Waals surface area (Å²) in [6, 6.07) is 11.1. The quantitative estimate of drug-likeness (QED) is 0.608. The number of carbonyl (C=O) groups is 2. The summed E-state index contributed by atoms with van der Waals surface area (Å²) in [6.45, 7) is 1.53. The Morgan fingerprint density at radius 3 is 2.15 bits per heavy atom. The van der Waals surface area contributed by atoms with Gasteiger partial charge in [0, 0.05) is 16.7 Å². The minimum absolute atomic E-state index is 0.0696. The summed E-state index contributed by atoms with van der Waals surface area (Å²) >= 11 is 0. The van der Waals surface area contributed by atoms with Crippen LogP contribution in [0, 0.1) is 0 Å². The van der Waals surface area contributed by atoms with Crippen molar-refractivity contribution in [3.63, 3.8) is 0 Å². The van der Waals surface area contributed by atoms with Gasteiger partial charge in [0.15, 0.2) is 11.6 Å². The van der Waals surface area contributed by atoms with E-state index in [1.807, 2.05) is 0 Å². The molecule has 7 heteroatoms. The van der Waals surface area contributed by atoms with E-state index in [-0.39, 0.29) is 34.0 Å². The van der Waals surface area contributed by atoms with Crippen molar-refractivity contribution in [1.82, 2.24) is 0 Å². The molecule has 27 heavy (non-hydrogen) atoms. The van der Waals surface area contributed by atoms with Crippen LogP contribution in [0.15, 0.2) is 42.5 Å². The van der Waals surface area contributed by atoms with Crippen LogP contribution >= 0.6 is 0 Å². The van der Waals surface area contributed by atoms with E-state index in [0.29, 0.717) is 5.56 Å². The average molecular weight is 370 g/mol. The number of fused-ring (bicyclic) bond motifs is 2. The number of aliphatic hydroxyl groups is 3. The average Bonchev–Trinajstić information content (AvgIpc) is 2.68. The largest absolute Gasteiger partial charge is 0.461 e. The molecule has 0 radical (unpaired) electrons. The van der Waals surface area contributed by atoms with Gasteiger partial charge in [-0.2, -0.15) is 0 Å². The Kier molecular flexibility index (Phi) is 4.32. The van der Waals surface area contributed by atoms with Crippen LogP contribution in [0.5, 0.6) is 5.75 Å². The monoisotopic (exact) mass is 370 g/mol. The van der Waals surface area contributed by atoms with Crippen molar-refractivity contribution in [1.29, 1.82) is 0 Å². The van der Waals surface area contributed by atoms with Gasteiger partial charge in [0.25, 0.3) is 0 Å². The first-order valence-electron chi connectivity index (χ1n) is 8.58. The zero-order valence-corrected chi connectivity index (χ0v) is 14.4. The molecular weight excluding hydrogens is 352 g/mol. The van der Waals surface area contributed by atoms with Gasteiger partial charge >= 0.3 is 0 Å². The number of aliphatic hydroxyl groups excluding tert-OH is 3. The first kappa shape index (κ1) is 17.8. The number of ether oxygens (including phenoxy) is 2. The Labute approximate surface area is 154 Å². The van der Waals surface area contributed by atoms with Crippen LogP contribution in [-0.4, -0.2) is 57.6 Å². The lowest BCUT2D eigenvalue weighted by atomic mass is 9.83. The van der Waals surface area contributed by atoms with E-state index in [9.17, 15) is 24.9 Å². The molecule has 0 bridgehead atoms. The number of rotatable bonds is 2. The smallest absolute Gasteiger partial charge is 0.229 e. The maximum Gasteiger partial charge on any atom is 0.229 e. The molecular formula is C20H18O7. The summed E-state index contributed by atoms with van der Waals surface area (Å²) in [6.07, 6.45) is -6.33. The Balaban J connectivity index is 1.73. The maximum atomic E-state index is 13.0. The van der Waals surface area contributed by atoms with Crippen LogP contribution < -0.4 is 4.74 Å². The van der Waals surface area contributed by atoms with Gasteiger partial charge in [-0.15, -0.1) is 0 Å². The Bertz CT molecular complexity index is 922. The SMILES string of the molecule is C[C@@H]1O[C@H](Oc2cccc3c2C(=O)c2ccccc2C3=O)[C@@H](O)[C@H](O)[C@@H]1O. The summed E-state index contributed by atoms with van der Waals surface area (Å²) in [5, 5.41) is 29.9. The molecule has 1 heterocycles. The van der Waals surface area contributed by atoms with E-state index < -0.39 is 30.7 Å². The van der Waals surface area contributed by atoms with Crippen LogP contribution in [0.4, 0.5) is 0 Å². The fourth-order valence-corrected chi connectivity index (χ4v) is 3.45. The molecule has 0 spiro atoms. The standard InChI is InChI=1S/C20H18O7/c1-9-15(21)18(24)19(25)20(26-9)27-13-8-4-7-12-14(13)17(23)11-6-3-2-5-10(11)16(12)22/h2-9,15,18-21,24-25H,1H3/t9-,15+,18+,19-,20+/m0/s1. The third-order valence-electron chi connectivity index (χ3n) is 4.97.